The average molecular weight is 498 g/mol. The van der Waals surface area contributed by atoms with E-state index in [1.165, 1.54) is 12.5 Å². The Morgan fingerprint density at radius 3 is 2.50 bits per heavy atom. The van der Waals surface area contributed by atoms with Gasteiger partial charge in [0.1, 0.15) is 12.4 Å². The number of H-pyrrole nitrogens is 1. The number of aromatic amines is 1. The van der Waals surface area contributed by atoms with Crippen LogP contribution >= 0.6 is 0 Å². The zero-order chi connectivity index (χ0) is 25.1. The highest BCUT2D eigenvalue weighted by atomic mass is 32.2. The third-order valence-corrected chi connectivity index (χ3v) is 6.09. The standard InChI is InChI=1S/C27H23N5O3S/c1-36(2,34)32-27(33)22-15-20-5-3-4-6-24(20)30-25(22)17-35-21-9-7-19(8-10-21)26-23(16-29-31-26)18-11-13-28-14-12-18/h3-16H,17H2,1-2H3,(H,29,31). The summed E-state index contributed by atoms with van der Waals surface area (Å²) in [5.74, 6) is 0.0453. The average Bonchev–Trinajstić information content (AvgIpc) is 3.37. The maximum absolute atomic E-state index is 12.8. The van der Waals surface area contributed by atoms with Gasteiger partial charge in [-0.2, -0.15) is 9.46 Å². The van der Waals surface area contributed by atoms with E-state index in [2.05, 4.69) is 24.5 Å². The van der Waals surface area contributed by atoms with E-state index in [4.69, 9.17) is 4.74 Å². The molecule has 180 valence electrons. The smallest absolute Gasteiger partial charge is 0.287 e. The molecule has 0 radical (unpaired) electrons. The molecule has 5 rings (SSSR count). The van der Waals surface area contributed by atoms with Crippen molar-refractivity contribution in [3.05, 3.63) is 96.6 Å². The molecule has 9 heteroatoms. The number of aromatic nitrogens is 4. The largest absolute Gasteiger partial charge is 0.487 e. The number of carbonyl (C=O) groups is 1. The molecule has 0 atom stereocenters. The number of nitrogens with one attached hydrogen (secondary N) is 1. The van der Waals surface area contributed by atoms with Crippen molar-refractivity contribution in [3.8, 4) is 28.1 Å². The van der Waals surface area contributed by atoms with Gasteiger partial charge in [0.05, 0.1) is 28.7 Å². The zero-order valence-corrected chi connectivity index (χ0v) is 20.5. The molecule has 8 nitrogen and oxygen atoms in total. The van der Waals surface area contributed by atoms with Gasteiger partial charge in [-0.1, -0.05) is 18.2 Å². The number of rotatable bonds is 6. The first-order valence-corrected chi connectivity index (χ1v) is 13.5. The number of ether oxygens (including phenoxy) is 1. The third kappa shape index (κ3) is 5.16. The van der Waals surface area contributed by atoms with Crippen LogP contribution in [0.4, 0.5) is 0 Å². The molecule has 2 aromatic carbocycles. The lowest BCUT2D eigenvalue weighted by Gasteiger charge is -2.11. The van der Waals surface area contributed by atoms with Gasteiger partial charge in [-0.25, -0.2) is 9.19 Å². The Labute approximate surface area is 208 Å². The molecule has 1 N–H and O–H groups in total. The lowest BCUT2D eigenvalue weighted by Crippen LogP contribution is -2.09. The summed E-state index contributed by atoms with van der Waals surface area (Å²) in [7, 11) is -2.61. The molecule has 0 saturated carbocycles. The summed E-state index contributed by atoms with van der Waals surface area (Å²) in [6.07, 6.45) is 8.13. The van der Waals surface area contributed by atoms with E-state index in [0.717, 1.165) is 33.3 Å². The maximum Gasteiger partial charge on any atom is 0.287 e. The van der Waals surface area contributed by atoms with Crippen LogP contribution < -0.4 is 4.74 Å². The number of para-hydroxylation sites is 1. The Morgan fingerprint density at radius 1 is 1.00 bits per heavy atom. The molecular weight excluding hydrogens is 474 g/mol. The zero-order valence-electron chi connectivity index (χ0n) is 19.7. The minimum atomic E-state index is -2.61. The number of benzene rings is 2. The van der Waals surface area contributed by atoms with Gasteiger partial charge in [-0.3, -0.25) is 14.9 Å². The topological polar surface area (TPSA) is 110 Å². The molecule has 0 fully saturated rings. The fourth-order valence-corrected chi connectivity index (χ4v) is 4.32. The Kier molecular flexibility index (Phi) is 6.30. The van der Waals surface area contributed by atoms with Crippen LogP contribution in [0.15, 0.2) is 89.7 Å². The summed E-state index contributed by atoms with van der Waals surface area (Å²) < 4.78 is 22.0. The summed E-state index contributed by atoms with van der Waals surface area (Å²) >= 11 is 0. The molecular formula is C27H23N5O3S. The summed E-state index contributed by atoms with van der Waals surface area (Å²) in [5.41, 5.74) is 5.28. The van der Waals surface area contributed by atoms with E-state index >= 15 is 0 Å². The minimum Gasteiger partial charge on any atom is -0.487 e. The first-order chi connectivity index (χ1) is 17.4. The number of pyridine rings is 2. The number of hydrogen-bond donors (Lipinski definition) is 1. The fraction of sp³-hybridized carbons (Fsp3) is 0.111. The molecule has 0 aliphatic carbocycles. The van der Waals surface area contributed by atoms with E-state index in [9.17, 15) is 9.00 Å². The van der Waals surface area contributed by atoms with Crippen LogP contribution in [0.5, 0.6) is 5.75 Å². The van der Waals surface area contributed by atoms with Gasteiger partial charge in [0.2, 0.25) is 0 Å². The predicted octanol–water partition coefficient (Wildman–Crippen LogP) is 5.13. The predicted molar refractivity (Wildman–Crippen MR) is 140 cm³/mol. The second kappa shape index (κ2) is 9.71. The van der Waals surface area contributed by atoms with E-state index < -0.39 is 15.6 Å². The van der Waals surface area contributed by atoms with Crippen LogP contribution in [0.3, 0.4) is 0 Å². The van der Waals surface area contributed by atoms with Crippen LogP contribution in [-0.4, -0.2) is 42.8 Å². The van der Waals surface area contributed by atoms with Crippen LogP contribution in [0, 0.1) is 0 Å². The second-order valence-corrected chi connectivity index (χ2v) is 11.0. The van der Waals surface area contributed by atoms with Crippen LogP contribution in [0.25, 0.3) is 33.3 Å². The number of fused-ring (bicyclic) bond motifs is 1. The van der Waals surface area contributed by atoms with Gasteiger partial charge in [0, 0.05) is 51.1 Å². The number of hydrogen-bond acceptors (Lipinski definition) is 6. The summed E-state index contributed by atoms with van der Waals surface area (Å²) in [5, 5.41) is 8.06. The van der Waals surface area contributed by atoms with Gasteiger partial charge in [0.25, 0.3) is 5.91 Å². The molecule has 0 aliphatic heterocycles. The number of nitrogens with zero attached hydrogens (tertiary/aromatic N) is 4. The van der Waals surface area contributed by atoms with Crippen molar-refractivity contribution in [2.24, 2.45) is 4.36 Å². The van der Waals surface area contributed by atoms with Gasteiger partial charge < -0.3 is 4.74 Å². The van der Waals surface area contributed by atoms with E-state index in [1.54, 1.807) is 24.7 Å². The van der Waals surface area contributed by atoms with Crippen LogP contribution in [0.2, 0.25) is 0 Å². The monoisotopic (exact) mass is 497 g/mol. The summed E-state index contributed by atoms with van der Waals surface area (Å²) in [4.78, 5) is 21.5. The van der Waals surface area contributed by atoms with E-state index in [0.29, 0.717) is 11.4 Å². The Hall–Kier alpha value is -4.37. The molecule has 36 heavy (non-hydrogen) atoms. The van der Waals surface area contributed by atoms with Crippen molar-refractivity contribution >= 4 is 26.5 Å². The number of carbonyl (C=O) groups excluding carboxylic acids is 1. The van der Waals surface area contributed by atoms with Gasteiger partial charge in [0.15, 0.2) is 0 Å². The molecule has 3 heterocycles. The van der Waals surface area contributed by atoms with Crippen molar-refractivity contribution in [2.45, 2.75) is 6.61 Å². The lowest BCUT2D eigenvalue weighted by molar-refractivity contribution is 0.100. The first-order valence-electron chi connectivity index (χ1n) is 11.1. The highest BCUT2D eigenvalue weighted by Crippen LogP contribution is 2.31. The molecule has 0 spiro atoms. The van der Waals surface area contributed by atoms with Crippen molar-refractivity contribution < 1.29 is 13.7 Å². The molecule has 1 amide bonds. The van der Waals surface area contributed by atoms with Gasteiger partial charge in [-0.05, 0) is 54.1 Å². The van der Waals surface area contributed by atoms with Crippen LogP contribution in [-0.2, 0) is 16.3 Å². The Balaban J connectivity index is 1.40. The van der Waals surface area contributed by atoms with Gasteiger partial charge in [-0.15, -0.1) is 0 Å². The number of amides is 1. The SMILES string of the molecule is CS(C)(=O)=NC(=O)c1cc2ccccc2nc1COc1ccc(-c2[nH]ncc2-c2ccncc2)cc1. The Bertz CT molecular complexity index is 1660. The van der Waals surface area contributed by atoms with Crippen molar-refractivity contribution in [1.29, 1.82) is 0 Å². The molecule has 0 unspecified atom stereocenters. The summed E-state index contributed by atoms with van der Waals surface area (Å²) in [6.45, 7) is 0.0573. The second-order valence-electron chi connectivity index (χ2n) is 8.46. The molecule has 5 aromatic rings. The van der Waals surface area contributed by atoms with Crippen molar-refractivity contribution in [3.63, 3.8) is 0 Å². The molecule has 0 saturated heterocycles. The fourth-order valence-electron chi connectivity index (χ4n) is 3.83. The van der Waals surface area contributed by atoms with Crippen LogP contribution in [0.1, 0.15) is 16.1 Å². The molecule has 3 aromatic heterocycles. The minimum absolute atomic E-state index is 0.0573. The van der Waals surface area contributed by atoms with E-state index in [1.807, 2.05) is 60.7 Å². The normalized spacial score (nSPS) is 11.4. The third-order valence-electron chi connectivity index (χ3n) is 5.49. The molecule has 0 bridgehead atoms. The van der Waals surface area contributed by atoms with Crippen molar-refractivity contribution in [1.82, 2.24) is 20.2 Å². The molecule has 0 aliphatic rings. The maximum atomic E-state index is 12.8. The quantitative estimate of drug-likeness (QED) is 0.348. The van der Waals surface area contributed by atoms with E-state index in [-0.39, 0.29) is 12.2 Å². The van der Waals surface area contributed by atoms with Gasteiger partial charge >= 0.3 is 0 Å². The summed E-state index contributed by atoms with van der Waals surface area (Å²) in [6, 6.07) is 20.7. The Morgan fingerprint density at radius 2 is 1.75 bits per heavy atom. The first kappa shape index (κ1) is 23.4. The highest BCUT2D eigenvalue weighted by Gasteiger charge is 2.16. The highest BCUT2D eigenvalue weighted by molar-refractivity contribution is 7.92. The van der Waals surface area contributed by atoms with Crippen molar-refractivity contribution in [2.75, 3.05) is 12.5 Å². The lowest BCUT2D eigenvalue weighted by atomic mass is 10.0.